The Hall–Kier alpha value is -2.47. The Morgan fingerprint density at radius 2 is 1.71 bits per heavy atom. The van der Waals surface area contributed by atoms with Gasteiger partial charge >= 0.3 is 6.03 Å². The highest BCUT2D eigenvalue weighted by atomic mass is 16.2. The summed E-state index contributed by atoms with van der Waals surface area (Å²) in [5.74, 6) is 0.800. The Labute approximate surface area is 167 Å². The zero-order chi connectivity index (χ0) is 19.8. The Morgan fingerprint density at radius 3 is 2.29 bits per heavy atom. The number of nitrogens with one attached hydrogen (secondary N) is 1. The highest BCUT2D eigenvalue weighted by molar-refractivity contribution is 5.95. The third-order valence-corrected chi connectivity index (χ3v) is 6.60. The molecular formula is C22H29N5O. The molecule has 0 radical (unpaired) electrons. The van der Waals surface area contributed by atoms with E-state index in [1.54, 1.807) is 17.3 Å². The van der Waals surface area contributed by atoms with Gasteiger partial charge in [0.25, 0.3) is 0 Å². The quantitative estimate of drug-likeness (QED) is 0.885. The minimum Gasteiger partial charge on any atom is -0.330 e. The first kappa shape index (κ1) is 18.9. The first-order valence-electron chi connectivity index (χ1n) is 10.1. The summed E-state index contributed by atoms with van der Waals surface area (Å²) < 4.78 is 0. The molecule has 1 aromatic heterocycles. The summed E-state index contributed by atoms with van der Waals surface area (Å²) in [6.45, 7) is 2.71. The van der Waals surface area contributed by atoms with Gasteiger partial charge in [-0.05, 0) is 45.3 Å². The summed E-state index contributed by atoms with van der Waals surface area (Å²) in [7, 11) is 4.33. The molecule has 148 valence electrons. The van der Waals surface area contributed by atoms with E-state index >= 15 is 0 Å². The molecule has 1 saturated heterocycles. The number of carbonyl (C=O) groups is 1. The maximum Gasteiger partial charge on any atom is 0.322 e. The van der Waals surface area contributed by atoms with Crippen LogP contribution in [0, 0.1) is 0 Å². The number of rotatable bonds is 4. The van der Waals surface area contributed by atoms with Crippen molar-refractivity contribution in [2.45, 2.75) is 50.1 Å². The maximum atomic E-state index is 12.7. The highest BCUT2D eigenvalue weighted by Gasteiger charge is 2.50. The zero-order valence-corrected chi connectivity index (χ0v) is 17.0. The van der Waals surface area contributed by atoms with Crippen molar-refractivity contribution in [2.24, 2.45) is 0 Å². The van der Waals surface area contributed by atoms with Crippen molar-refractivity contribution in [3.63, 3.8) is 0 Å². The lowest BCUT2D eigenvalue weighted by Crippen LogP contribution is -2.54. The number of anilines is 1. The van der Waals surface area contributed by atoms with E-state index in [0.717, 1.165) is 43.6 Å². The van der Waals surface area contributed by atoms with Gasteiger partial charge in [0.1, 0.15) is 5.82 Å². The molecule has 1 N–H and O–H groups in total. The Morgan fingerprint density at radius 1 is 1.07 bits per heavy atom. The smallest absolute Gasteiger partial charge is 0.322 e. The molecule has 1 aromatic carbocycles. The lowest BCUT2D eigenvalue weighted by Gasteiger charge is -2.48. The first-order chi connectivity index (χ1) is 13.5. The van der Waals surface area contributed by atoms with Crippen molar-refractivity contribution >= 4 is 11.7 Å². The lowest BCUT2D eigenvalue weighted by atomic mass is 9.69. The minimum atomic E-state index is -0.172. The van der Waals surface area contributed by atoms with Crippen molar-refractivity contribution in [3.05, 3.63) is 54.1 Å². The number of hydrogen-bond donors (Lipinski definition) is 1. The second kappa shape index (κ2) is 7.17. The van der Waals surface area contributed by atoms with Crippen molar-refractivity contribution in [1.29, 1.82) is 0 Å². The summed E-state index contributed by atoms with van der Waals surface area (Å²) in [6.07, 6.45) is 8.27. The normalized spacial score (nSPS) is 27.4. The van der Waals surface area contributed by atoms with Crippen LogP contribution >= 0.6 is 0 Å². The zero-order valence-electron chi connectivity index (χ0n) is 17.0. The van der Waals surface area contributed by atoms with E-state index in [1.807, 2.05) is 6.92 Å². The van der Waals surface area contributed by atoms with Gasteiger partial charge in [0.15, 0.2) is 0 Å². The molecule has 6 heteroatoms. The average molecular weight is 380 g/mol. The summed E-state index contributed by atoms with van der Waals surface area (Å²) in [4.78, 5) is 25.6. The predicted octanol–water partition coefficient (Wildman–Crippen LogP) is 3.34. The van der Waals surface area contributed by atoms with Crippen molar-refractivity contribution in [3.8, 4) is 0 Å². The molecule has 2 amide bonds. The molecule has 1 aliphatic carbocycles. The van der Waals surface area contributed by atoms with E-state index in [9.17, 15) is 4.79 Å². The Balaban J connectivity index is 1.53. The van der Waals surface area contributed by atoms with E-state index in [4.69, 9.17) is 0 Å². The van der Waals surface area contributed by atoms with Crippen LogP contribution in [0.1, 0.15) is 44.0 Å². The summed E-state index contributed by atoms with van der Waals surface area (Å²) in [5, 5.41) is 3.29. The van der Waals surface area contributed by atoms with Gasteiger partial charge in [-0.2, -0.15) is 0 Å². The summed E-state index contributed by atoms with van der Waals surface area (Å²) in [6, 6.07) is 10.7. The van der Waals surface area contributed by atoms with Crippen molar-refractivity contribution in [2.75, 3.05) is 25.5 Å². The molecule has 0 atom stereocenters. The van der Waals surface area contributed by atoms with Crippen LogP contribution in [0.25, 0.3) is 0 Å². The fraction of sp³-hybridized carbons (Fsp3) is 0.500. The third-order valence-electron chi connectivity index (χ3n) is 6.60. The Kier molecular flexibility index (Phi) is 4.83. The molecule has 2 aromatic rings. The van der Waals surface area contributed by atoms with Crippen LogP contribution in [0.2, 0.25) is 0 Å². The van der Waals surface area contributed by atoms with Crippen molar-refractivity contribution in [1.82, 2.24) is 20.2 Å². The number of urea groups is 1. The van der Waals surface area contributed by atoms with Crippen LogP contribution in [0.4, 0.5) is 10.5 Å². The number of amides is 2. The second-order valence-electron chi connectivity index (χ2n) is 8.30. The molecule has 4 rings (SSSR count). The summed E-state index contributed by atoms with van der Waals surface area (Å²) >= 11 is 0. The van der Waals surface area contributed by atoms with E-state index in [-0.39, 0.29) is 17.1 Å². The fourth-order valence-corrected chi connectivity index (χ4v) is 4.75. The number of aryl methyl sites for hydroxylation is 1. The number of aromatic nitrogens is 2. The number of nitrogens with zero attached hydrogens (tertiary/aromatic N) is 4. The van der Waals surface area contributed by atoms with E-state index < -0.39 is 0 Å². The molecule has 2 aliphatic rings. The number of hydrogen-bond acceptors (Lipinski definition) is 4. The molecule has 6 nitrogen and oxygen atoms in total. The first-order valence-corrected chi connectivity index (χ1v) is 10.1. The van der Waals surface area contributed by atoms with Crippen LogP contribution in [0.15, 0.2) is 42.7 Å². The van der Waals surface area contributed by atoms with Gasteiger partial charge in [-0.15, -0.1) is 0 Å². The van der Waals surface area contributed by atoms with Gasteiger partial charge in [-0.3, -0.25) is 9.80 Å². The van der Waals surface area contributed by atoms with Gasteiger partial charge in [-0.25, -0.2) is 14.8 Å². The SMILES string of the molecule is CCc1ncc(N2CC3(CCC(c4ccccc4)(N(C)C)CC3)NC2=O)cn1. The largest absolute Gasteiger partial charge is 0.330 e. The minimum absolute atomic E-state index is 0.0243. The number of benzene rings is 1. The summed E-state index contributed by atoms with van der Waals surface area (Å²) in [5.41, 5.74) is 1.99. The highest BCUT2D eigenvalue weighted by Crippen LogP contribution is 2.46. The van der Waals surface area contributed by atoms with E-state index in [1.165, 1.54) is 5.56 Å². The standard InChI is InChI=1S/C22H29N5O/c1-4-19-23-14-18(15-24-19)27-16-21(25-20(27)28)10-12-22(13-11-21,26(2)3)17-8-6-5-7-9-17/h5-9,14-15H,4,10-13,16H2,1-3H3,(H,25,28). The Bertz CT molecular complexity index is 826. The lowest BCUT2D eigenvalue weighted by molar-refractivity contribution is 0.0658. The molecule has 1 saturated carbocycles. The average Bonchev–Trinajstić information content (AvgIpc) is 3.05. The molecule has 2 heterocycles. The van der Waals surface area contributed by atoms with Gasteiger partial charge in [0.05, 0.1) is 30.2 Å². The maximum absolute atomic E-state index is 12.7. The predicted molar refractivity (Wildman–Crippen MR) is 110 cm³/mol. The molecule has 28 heavy (non-hydrogen) atoms. The van der Waals surface area contributed by atoms with Crippen LogP contribution in [-0.2, 0) is 12.0 Å². The van der Waals surface area contributed by atoms with E-state index in [2.05, 4.69) is 64.6 Å². The van der Waals surface area contributed by atoms with Gasteiger partial charge < -0.3 is 5.32 Å². The van der Waals surface area contributed by atoms with Gasteiger partial charge in [-0.1, -0.05) is 37.3 Å². The second-order valence-corrected chi connectivity index (χ2v) is 8.30. The molecular weight excluding hydrogens is 350 g/mol. The van der Waals surface area contributed by atoms with Crippen LogP contribution in [-0.4, -0.2) is 47.1 Å². The molecule has 0 unspecified atom stereocenters. The van der Waals surface area contributed by atoms with Crippen LogP contribution in [0.5, 0.6) is 0 Å². The number of carbonyl (C=O) groups excluding carboxylic acids is 1. The molecule has 0 bridgehead atoms. The van der Waals surface area contributed by atoms with Gasteiger partial charge in [0, 0.05) is 12.0 Å². The molecule has 1 aliphatic heterocycles. The van der Waals surface area contributed by atoms with Crippen molar-refractivity contribution < 1.29 is 4.79 Å². The molecule has 1 spiro atoms. The topological polar surface area (TPSA) is 61.4 Å². The van der Waals surface area contributed by atoms with Crippen LogP contribution < -0.4 is 10.2 Å². The van der Waals surface area contributed by atoms with Crippen LogP contribution in [0.3, 0.4) is 0 Å². The van der Waals surface area contributed by atoms with E-state index in [0.29, 0.717) is 6.54 Å². The third kappa shape index (κ3) is 3.15. The van der Waals surface area contributed by atoms with Gasteiger partial charge in [0.2, 0.25) is 0 Å². The molecule has 2 fully saturated rings. The monoisotopic (exact) mass is 379 g/mol. The fourth-order valence-electron chi connectivity index (χ4n) is 4.75.